The minimum Gasteiger partial charge on any atom is -0.297 e. The molecule has 1 aromatic carbocycles. The van der Waals surface area contributed by atoms with E-state index in [1.165, 1.54) is 28.2 Å². The molecule has 21 heavy (non-hydrogen) atoms. The van der Waals surface area contributed by atoms with Crippen LogP contribution in [-0.2, 0) is 0 Å². The van der Waals surface area contributed by atoms with Crippen molar-refractivity contribution in [1.82, 2.24) is 4.98 Å². The molecule has 0 spiro atoms. The monoisotopic (exact) mass is 378 g/mol. The van der Waals surface area contributed by atoms with Crippen molar-refractivity contribution >= 4 is 49.6 Å². The molecule has 0 bridgehead atoms. The maximum Gasteiger partial charge on any atom is 0.267 e. The van der Waals surface area contributed by atoms with Crippen molar-refractivity contribution in [2.75, 3.05) is 5.32 Å². The number of amides is 1. The summed E-state index contributed by atoms with van der Waals surface area (Å²) in [5.74, 6) is -0.128. The minimum atomic E-state index is -0.128. The van der Waals surface area contributed by atoms with Crippen LogP contribution in [0.2, 0.25) is 0 Å². The van der Waals surface area contributed by atoms with Gasteiger partial charge in [-0.3, -0.25) is 10.1 Å². The summed E-state index contributed by atoms with van der Waals surface area (Å²) in [7, 11) is 0. The maximum atomic E-state index is 12.1. The summed E-state index contributed by atoms with van der Waals surface area (Å²) < 4.78 is 0.937. The molecule has 0 saturated carbocycles. The first-order valence-electron chi connectivity index (χ1n) is 6.22. The number of aryl methyl sites for hydroxylation is 1. The number of thiophene rings is 1. The molecular weight excluding hydrogens is 368 g/mol. The lowest BCUT2D eigenvalue weighted by atomic mass is 10.1. The standard InChI is InChI=1S/C15H11BrN2OS2/c1-9-4-2-3-5-10(9)11-8-20-15(17-11)18-14(19)12-6-7-13(16)21-12/h2-8H,1H3,(H,17,18,19). The number of nitrogens with zero attached hydrogens (tertiary/aromatic N) is 1. The van der Waals surface area contributed by atoms with E-state index in [9.17, 15) is 4.79 Å². The molecule has 0 aliphatic heterocycles. The quantitative estimate of drug-likeness (QED) is 0.680. The summed E-state index contributed by atoms with van der Waals surface area (Å²) in [6.07, 6.45) is 0. The first-order chi connectivity index (χ1) is 10.1. The van der Waals surface area contributed by atoms with Crippen molar-refractivity contribution in [3.8, 4) is 11.3 Å². The van der Waals surface area contributed by atoms with Gasteiger partial charge in [0.25, 0.3) is 5.91 Å². The number of anilines is 1. The molecule has 2 heterocycles. The van der Waals surface area contributed by atoms with Gasteiger partial charge in [-0.2, -0.15) is 0 Å². The molecule has 0 atom stereocenters. The summed E-state index contributed by atoms with van der Waals surface area (Å²) in [4.78, 5) is 17.2. The summed E-state index contributed by atoms with van der Waals surface area (Å²) in [6.45, 7) is 2.05. The van der Waals surface area contributed by atoms with Crippen LogP contribution in [0.3, 0.4) is 0 Å². The van der Waals surface area contributed by atoms with Gasteiger partial charge < -0.3 is 0 Å². The van der Waals surface area contributed by atoms with Crippen molar-refractivity contribution in [3.05, 3.63) is 56.0 Å². The van der Waals surface area contributed by atoms with Crippen LogP contribution in [0.15, 0.2) is 45.6 Å². The number of nitrogens with one attached hydrogen (secondary N) is 1. The zero-order chi connectivity index (χ0) is 14.8. The molecular formula is C15H11BrN2OS2. The van der Waals surface area contributed by atoms with E-state index in [0.717, 1.165) is 15.0 Å². The number of thiazole rings is 1. The van der Waals surface area contributed by atoms with Crippen LogP contribution < -0.4 is 5.32 Å². The number of carbonyl (C=O) groups excluding carboxylic acids is 1. The Morgan fingerprint density at radius 1 is 1.24 bits per heavy atom. The Morgan fingerprint density at radius 2 is 2.05 bits per heavy atom. The van der Waals surface area contributed by atoms with E-state index in [1.54, 1.807) is 6.07 Å². The average molecular weight is 379 g/mol. The average Bonchev–Trinajstić information content (AvgIpc) is 3.08. The number of hydrogen-bond donors (Lipinski definition) is 1. The predicted molar refractivity (Wildman–Crippen MR) is 92.3 cm³/mol. The summed E-state index contributed by atoms with van der Waals surface area (Å²) in [5, 5.41) is 5.41. The Kier molecular flexibility index (Phi) is 4.19. The third-order valence-corrected chi connectivity index (χ3v) is 5.32. The van der Waals surface area contributed by atoms with Crippen LogP contribution >= 0.6 is 38.6 Å². The molecule has 2 aromatic heterocycles. The number of halogens is 1. The van der Waals surface area contributed by atoms with Crippen LogP contribution in [0.25, 0.3) is 11.3 Å². The number of aromatic nitrogens is 1. The lowest BCUT2D eigenvalue weighted by Crippen LogP contribution is -2.09. The van der Waals surface area contributed by atoms with Crippen LogP contribution in [0, 0.1) is 6.92 Å². The molecule has 3 aromatic rings. The largest absolute Gasteiger partial charge is 0.297 e. The first kappa shape index (κ1) is 14.4. The van der Waals surface area contributed by atoms with Crippen molar-refractivity contribution < 1.29 is 4.79 Å². The molecule has 1 N–H and O–H groups in total. The van der Waals surface area contributed by atoms with Gasteiger partial charge in [0.15, 0.2) is 5.13 Å². The van der Waals surface area contributed by atoms with Crippen LogP contribution in [0.5, 0.6) is 0 Å². The van der Waals surface area contributed by atoms with E-state index >= 15 is 0 Å². The van der Waals surface area contributed by atoms with Crippen molar-refractivity contribution in [2.24, 2.45) is 0 Å². The van der Waals surface area contributed by atoms with E-state index < -0.39 is 0 Å². The van der Waals surface area contributed by atoms with Gasteiger partial charge in [-0.25, -0.2) is 4.98 Å². The molecule has 106 valence electrons. The molecule has 6 heteroatoms. The highest BCUT2D eigenvalue weighted by Crippen LogP contribution is 2.28. The highest BCUT2D eigenvalue weighted by Gasteiger charge is 2.12. The predicted octanol–water partition coefficient (Wildman–Crippen LogP) is 5.19. The Labute approximate surface area is 138 Å². The van der Waals surface area contributed by atoms with Gasteiger partial charge in [-0.05, 0) is 40.5 Å². The normalized spacial score (nSPS) is 10.6. The van der Waals surface area contributed by atoms with Gasteiger partial charge in [-0.15, -0.1) is 22.7 Å². The topological polar surface area (TPSA) is 42.0 Å². The van der Waals surface area contributed by atoms with Gasteiger partial charge in [0.05, 0.1) is 14.4 Å². The second-order valence-corrected chi connectivity index (χ2v) is 7.73. The molecule has 3 nitrogen and oxygen atoms in total. The van der Waals surface area contributed by atoms with E-state index in [0.29, 0.717) is 10.0 Å². The fraction of sp³-hybridized carbons (Fsp3) is 0.0667. The van der Waals surface area contributed by atoms with E-state index in [2.05, 4.69) is 39.2 Å². The zero-order valence-corrected chi connectivity index (χ0v) is 14.3. The fourth-order valence-corrected chi connectivity index (χ4v) is 3.90. The van der Waals surface area contributed by atoms with Crippen LogP contribution in [0.4, 0.5) is 5.13 Å². The van der Waals surface area contributed by atoms with Gasteiger partial charge in [0, 0.05) is 10.9 Å². The summed E-state index contributed by atoms with van der Waals surface area (Å²) in [5.41, 5.74) is 3.15. The zero-order valence-electron chi connectivity index (χ0n) is 11.1. The van der Waals surface area contributed by atoms with Gasteiger partial charge in [-0.1, -0.05) is 24.3 Å². The molecule has 0 radical (unpaired) electrons. The molecule has 0 fully saturated rings. The smallest absolute Gasteiger partial charge is 0.267 e. The lowest BCUT2D eigenvalue weighted by molar-refractivity contribution is 0.103. The molecule has 1 amide bonds. The maximum absolute atomic E-state index is 12.1. The van der Waals surface area contributed by atoms with Crippen molar-refractivity contribution in [2.45, 2.75) is 6.92 Å². The first-order valence-corrected chi connectivity index (χ1v) is 8.70. The Balaban J connectivity index is 1.80. The molecule has 0 aliphatic rings. The van der Waals surface area contributed by atoms with Gasteiger partial charge in [0.1, 0.15) is 0 Å². The van der Waals surface area contributed by atoms with E-state index in [4.69, 9.17) is 0 Å². The highest BCUT2D eigenvalue weighted by molar-refractivity contribution is 9.11. The lowest BCUT2D eigenvalue weighted by Gasteiger charge is -2.01. The Hall–Kier alpha value is -1.50. The van der Waals surface area contributed by atoms with Gasteiger partial charge in [0.2, 0.25) is 0 Å². The summed E-state index contributed by atoms with van der Waals surface area (Å²) in [6, 6.07) is 11.7. The fourth-order valence-electron chi connectivity index (χ4n) is 1.91. The third-order valence-electron chi connectivity index (χ3n) is 2.94. The Bertz CT molecular complexity index is 794. The van der Waals surface area contributed by atoms with Crippen molar-refractivity contribution in [1.29, 1.82) is 0 Å². The van der Waals surface area contributed by atoms with E-state index in [1.807, 2.05) is 29.6 Å². The SMILES string of the molecule is Cc1ccccc1-c1csc(NC(=O)c2ccc(Br)s2)n1. The Morgan fingerprint density at radius 3 is 2.76 bits per heavy atom. The number of carbonyl (C=O) groups is 1. The molecule has 0 saturated heterocycles. The van der Waals surface area contributed by atoms with Crippen LogP contribution in [0.1, 0.15) is 15.2 Å². The number of rotatable bonds is 3. The second-order valence-electron chi connectivity index (χ2n) is 4.41. The molecule has 0 unspecified atom stereocenters. The number of hydrogen-bond acceptors (Lipinski definition) is 4. The summed E-state index contributed by atoms with van der Waals surface area (Å²) >= 11 is 6.19. The molecule has 0 aliphatic carbocycles. The highest BCUT2D eigenvalue weighted by atomic mass is 79.9. The van der Waals surface area contributed by atoms with Crippen molar-refractivity contribution in [3.63, 3.8) is 0 Å². The van der Waals surface area contributed by atoms with E-state index in [-0.39, 0.29) is 5.91 Å². The third kappa shape index (κ3) is 3.23. The molecule has 3 rings (SSSR count). The number of benzene rings is 1. The minimum absolute atomic E-state index is 0.128. The second kappa shape index (κ2) is 6.09. The van der Waals surface area contributed by atoms with Crippen LogP contribution in [-0.4, -0.2) is 10.9 Å². The van der Waals surface area contributed by atoms with Gasteiger partial charge >= 0.3 is 0 Å².